The third-order valence-electron chi connectivity index (χ3n) is 5.24. The van der Waals surface area contributed by atoms with E-state index in [4.69, 9.17) is 4.42 Å². The van der Waals surface area contributed by atoms with Crippen molar-refractivity contribution in [1.82, 2.24) is 9.80 Å². The SMILES string of the molecule is Cc1ccc(CN2C[C@@H]3CC[C@H](C2)N(Cc2ccccc2)C3=O)o1. The van der Waals surface area contributed by atoms with Crippen LogP contribution in [0.15, 0.2) is 46.9 Å². The minimum Gasteiger partial charge on any atom is -0.465 e. The van der Waals surface area contributed by atoms with Gasteiger partial charge in [-0.1, -0.05) is 30.3 Å². The fraction of sp³-hybridized carbons (Fsp3) is 0.450. The van der Waals surface area contributed by atoms with Gasteiger partial charge in [-0.15, -0.1) is 0 Å². The van der Waals surface area contributed by atoms with E-state index in [1.807, 2.05) is 37.3 Å². The normalized spacial score (nSPS) is 24.4. The Morgan fingerprint density at radius 2 is 1.88 bits per heavy atom. The molecule has 5 rings (SSSR count). The lowest BCUT2D eigenvalue weighted by atomic mass is 9.93. The van der Waals surface area contributed by atoms with Crippen LogP contribution in [0.3, 0.4) is 0 Å². The van der Waals surface area contributed by atoms with Crippen LogP contribution in [0.2, 0.25) is 0 Å². The molecule has 4 nitrogen and oxygen atoms in total. The summed E-state index contributed by atoms with van der Waals surface area (Å²) < 4.78 is 5.73. The molecule has 0 radical (unpaired) electrons. The Kier molecular flexibility index (Phi) is 4.15. The predicted octanol–water partition coefficient (Wildman–Crippen LogP) is 3.21. The number of amides is 1. The first-order valence-corrected chi connectivity index (χ1v) is 8.81. The molecule has 126 valence electrons. The van der Waals surface area contributed by atoms with Crippen molar-refractivity contribution in [2.24, 2.45) is 5.92 Å². The van der Waals surface area contributed by atoms with E-state index >= 15 is 0 Å². The molecule has 0 aliphatic carbocycles. The zero-order chi connectivity index (χ0) is 16.5. The van der Waals surface area contributed by atoms with Gasteiger partial charge >= 0.3 is 0 Å². The molecule has 3 fully saturated rings. The van der Waals surface area contributed by atoms with E-state index in [1.54, 1.807) is 0 Å². The van der Waals surface area contributed by atoms with Crippen molar-refractivity contribution in [3.63, 3.8) is 0 Å². The predicted molar refractivity (Wildman–Crippen MR) is 92.2 cm³/mol. The summed E-state index contributed by atoms with van der Waals surface area (Å²) in [6, 6.07) is 14.7. The van der Waals surface area contributed by atoms with Crippen LogP contribution >= 0.6 is 0 Å². The van der Waals surface area contributed by atoms with Gasteiger partial charge in [-0.25, -0.2) is 0 Å². The summed E-state index contributed by atoms with van der Waals surface area (Å²) in [5, 5.41) is 0. The number of rotatable bonds is 4. The molecule has 3 saturated heterocycles. The maximum absolute atomic E-state index is 12.9. The first kappa shape index (κ1) is 15.5. The minimum atomic E-state index is 0.128. The highest BCUT2D eigenvalue weighted by Crippen LogP contribution is 2.31. The largest absolute Gasteiger partial charge is 0.465 e. The highest BCUT2D eigenvalue weighted by molar-refractivity contribution is 5.80. The summed E-state index contributed by atoms with van der Waals surface area (Å²) in [4.78, 5) is 17.4. The van der Waals surface area contributed by atoms with E-state index in [0.29, 0.717) is 11.9 Å². The highest BCUT2D eigenvalue weighted by Gasteiger charge is 2.40. The van der Waals surface area contributed by atoms with Crippen molar-refractivity contribution in [2.45, 2.75) is 38.9 Å². The number of piperidine rings is 1. The van der Waals surface area contributed by atoms with Crippen LogP contribution in [0, 0.1) is 12.8 Å². The maximum Gasteiger partial charge on any atom is 0.227 e. The van der Waals surface area contributed by atoms with E-state index in [2.05, 4.69) is 21.9 Å². The quantitative estimate of drug-likeness (QED) is 0.866. The van der Waals surface area contributed by atoms with Crippen molar-refractivity contribution in [3.8, 4) is 0 Å². The summed E-state index contributed by atoms with van der Waals surface area (Å²) >= 11 is 0. The minimum absolute atomic E-state index is 0.128. The van der Waals surface area contributed by atoms with Gasteiger partial charge in [0.15, 0.2) is 0 Å². The lowest BCUT2D eigenvalue weighted by Gasteiger charge is -2.36. The summed E-state index contributed by atoms with van der Waals surface area (Å²) in [5.74, 6) is 2.40. The van der Waals surface area contributed by atoms with Crippen molar-refractivity contribution in [1.29, 1.82) is 0 Å². The van der Waals surface area contributed by atoms with E-state index < -0.39 is 0 Å². The number of furan rings is 1. The van der Waals surface area contributed by atoms with Gasteiger partial charge in [-0.2, -0.15) is 0 Å². The summed E-state index contributed by atoms with van der Waals surface area (Å²) in [6.07, 6.45) is 2.12. The van der Waals surface area contributed by atoms with Gasteiger partial charge in [-0.05, 0) is 37.5 Å². The smallest absolute Gasteiger partial charge is 0.227 e. The number of benzene rings is 1. The fourth-order valence-corrected chi connectivity index (χ4v) is 4.04. The second-order valence-corrected chi connectivity index (χ2v) is 7.09. The van der Waals surface area contributed by atoms with Gasteiger partial charge in [0.1, 0.15) is 11.5 Å². The van der Waals surface area contributed by atoms with Crippen LogP contribution in [0.5, 0.6) is 0 Å². The lowest BCUT2D eigenvalue weighted by molar-refractivity contribution is -0.140. The number of carbonyl (C=O) groups is 1. The van der Waals surface area contributed by atoms with Gasteiger partial charge < -0.3 is 9.32 Å². The Balaban J connectivity index is 1.50. The van der Waals surface area contributed by atoms with Crippen molar-refractivity contribution < 1.29 is 9.21 Å². The molecule has 0 unspecified atom stereocenters. The second kappa shape index (κ2) is 6.44. The van der Waals surface area contributed by atoms with Crippen molar-refractivity contribution in [3.05, 3.63) is 59.5 Å². The molecule has 4 heteroatoms. The molecule has 1 aromatic heterocycles. The first-order valence-electron chi connectivity index (χ1n) is 8.81. The summed E-state index contributed by atoms with van der Waals surface area (Å²) in [5.41, 5.74) is 1.21. The molecule has 1 aromatic carbocycles. The number of aryl methyl sites for hydroxylation is 1. The molecule has 3 aliphatic heterocycles. The third-order valence-corrected chi connectivity index (χ3v) is 5.24. The molecule has 2 atom stereocenters. The van der Waals surface area contributed by atoms with Crippen LogP contribution in [-0.4, -0.2) is 34.8 Å². The van der Waals surface area contributed by atoms with E-state index in [-0.39, 0.29) is 5.92 Å². The fourth-order valence-electron chi connectivity index (χ4n) is 4.04. The van der Waals surface area contributed by atoms with Crippen molar-refractivity contribution in [2.75, 3.05) is 13.1 Å². The van der Waals surface area contributed by atoms with Gasteiger partial charge in [-0.3, -0.25) is 9.69 Å². The molecule has 2 bridgehead atoms. The summed E-state index contributed by atoms with van der Waals surface area (Å²) in [7, 11) is 0. The zero-order valence-corrected chi connectivity index (χ0v) is 14.1. The maximum atomic E-state index is 12.9. The molecular formula is C20H24N2O2. The Bertz CT molecular complexity index is 709. The van der Waals surface area contributed by atoms with E-state index in [0.717, 1.165) is 50.5 Å². The topological polar surface area (TPSA) is 36.7 Å². The Hall–Kier alpha value is -2.07. The molecule has 2 aromatic rings. The zero-order valence-electron chi connectivity index (χ0n) is 14.1. The average molecular weight is 324 g/mol. The molecular weight excluding hydrogens is 300 g/mol. The Labute approximate surface area is 143 Å². The van der Waals surface area contributed by atoms with Crippen LogP contribution in [0.25, 0.3) is 0 Å². The van der Waals surface area contributed by atoms with Crippen LogP contribution in [0.4, 0.5) is 0 Å². The van der Waals surface area contributed by atoms with Crippen LogP contribution < -0.4 is 0 Å². The average Bonchev–Trinajstić information content (AvgIpc) is 2.82. The van der Waals surface area contributed by atoms with Gasteiger partial charge in [0.2, 0.25) is 5.91 Å². The Morgan fingerprint density at radius 3 is 2.62 bits per heavy atom. The van der Waals surface area contributed by atoms with E-state index in [9.17, 15) is 4.79 Å². The van der Waals surface area contributed by atoms with Crippen LogP contribution in [0.1, 0.15) is 29.9 Å². The number of hydrogen-bond acceptors (Lipinski definition) is 3. The molecule has 4 heterocycles. The first-order chi connectivity index (χ1) is 11.7. The number of nitrogens with zero attached hydrogens (tertiary/aromatic N) is 2. The molecule has 0 spiro atoms. The number of hydrogen-bond donors (Lipinski definition) is 0. The highest BCUT2D eigenvalue weighted by atomic mass is 16.3. The molecule has 0 saturated carbocycles. The van der Waals surface area contributed by atoms with Gasteiger partial charge in [0.05, 0.1) is 12.5 Å². The Morgan fingerprint density at radius 1 is 1.04 bits per heavy atom. The molecule has 24 heavy (non-hydrogen) atoms. The number of fused-ring (bicyclic) bond motifs is 4. The second-order valence-electron chi connectivity index (χ2n) is 7.09. The standard InChI is InChI=1S/C20H24N2O2/c1-15-7-10-19(24-15)14-21-12-17-8-9-18(13-21)22(20(17)23)11-16-5-3-2-4-6-16/h2-7,10,17-18H,8-9,11-14H2,1H3/t17-,18+/m0/s1. The summed E-state index contributed by atoms with van der Waals surface area (Å²) in [6.45, 7) is 5.29. The third kappa shape index (κ3) is 3.11. The van der Waals surface area contributed by atoms with E-state index in [1.165, 1.54) is 5.56 Å². The monoisotopic (exact) mass is 324 g/mol. The van der Waals surface area contributed by atoms with Crippen molar-refractivity contribution >= 4 is 5.91 Å². The molecule has 1 amide bonds. The van der Waals surface area contributed by atoms with Crippen LogP contribution in [-0.2, 0) is 17.9 Å². The molecule has 3 aliphatic rings. The van der Waals surface area contributed by atoms with Gasteiger partial charge in [0.25, 0.3) is 0 Å². The number of carbonyl (C=O) groups excluding carboxylic acids is 1. The molecule has 0 N–H and O–H groups in total. The lowest BCUT2D eigenvalue weighted by Crippen LogP contribution is -2.47. The van der Waals surface area contributed by atoms with Gasteiger partial charge in [0, 0.05) is 25.7 Å².